The summed E-state index contributed by atoms with van der Waals surface area (Å²) in [6.45, 7) is 5.90. The first-order chi connectivity index (χ1) is 11.7. The normalized spacial score (nSPS) is 21.1. The highest BCUT2D eigenvalue weighted by Gasteiger charge is 2.31. The lowest BCUT2D eigenvalue weighted by molar-refractivity contribution is -0.137. The summed E-state index contributed by atoms with van der Waals surface area (Å²) in [4.78, 5) is 17.6. The molecule has 0 aromatic carbocycles. The Morgan fingerprint density at radius 1 is 1.44 bits per heavy atom. The van der Waals surface area contributed by atoms with Gasteiger partial charge in [-0.3, -0.25) is 0 Å². The zero-order chi connectivity index (χ0) is 18.6. The van der Waals surface area contributed by atoms with Gasteiger partial charge in [-0.2, -0.15) is 13.2 Å². The van der Waals surface area contributed by atoms with E-state index in [0.29, 0.717) is 19.6 Å². The number of carbonyl (C=O) groups excluding carboxylic acids is 1. The molecule has 0 saturated carbocycles. The zero-order valence-corrected chi connectivity index (χ0v) is 14.7. The Hall–Kier alpha value is -1.74. The fraction of sp³-hybridized carbons (Fsp3) is 0.600. The van der Waals surface area contributed by atoms with Gasteiger partial charge >= 0.3 is 12.2 Å². The van der Waals surface area contributed by atoms with Gasteiger partial charge in [0, 0.05) is 44.5 Å². The van der Waals surface area contributed by atoms with Crippen LogP contribution < -0.4 is 16.0 Å². The van der Waals surface area contributed by atoms with E-state index in [1.54, 1.807) is 4.90 Å². The number of amides is 2. The summed E-state index contributed by atoms with van der Waals surface area (Å²) in [5, 5.41) is 8.76. The largest absolute Gasteiger partial charge is 0.417 e. The molecule has 1 aliphatic heterocycles. The number of halogens is 4. The number of piperazine rings is 1. The molecule has 10 heteroatoms. The first-order valence-corrected chi connectivity index (χ1v) is 8.30. The lowest BCUT2D eigenvalue weighted by Gasteiger charge is -2.37. The Kier molecular flexibility index (Phi) is 6.34. The first-order valence-electron chi connectivity index (χ1n) is 7.93. The molecule has 0 spiro atoms. The van der Waals surface area contributed by atoms with Gasteiger partial charge < -0.3 is 20.9 Å². The molecule has 1 aromatic rings. The Labute approximate surface area is 149 Å². The van der Waals surface area contributed by atoms with Crippen LogP contribution >= 0.6 is 11.6 Å². The summed E-state index contributed by atoms with van der Waals surface area (Å²) in [5.74, 6) is 0.146. The maximum absolute atomic E-state index is 12.6. The quantitative estimate of drug-likeness (QED) is 0.703. The van der Waals surface area contributed by atoms with E-state index in [4.69, 9.17) is 11.6 Å². The molecule has 2 heterocycles. The highest BCUT2D eigenvalue weighted by atomic mass is 35.5. The number of rotatable bonds is 4. The molecule has 140 valence electrons. The molecule has 1 saturated heterocycles. The SMILES string of the molecule is CC1CN(C(=O)NCCNc2ncc(C(F)(F)F)cc2Cl)C(C)CN1. The number of nitrogens with zero attached hydrogens (tertiary/aromatic N) is 2. The van der Waals surface area contributed by atoms with E-state index in [-0.39, 0.29) is 29.0 Å². The maximum atomic E-state index is 12.6. The van der Waals surface area contributed by atoms with Crippen molar-refractivity contribution in [2.75, 3.05) is 31.5 Å². The second-order valence-electron chi connectivity index (χ2n) is 6.02. The van der Waals surface area contributed by atoms with Crippen molar-refractivity contribution in [2.45, 2.75) is 32.1 Å². The molecule has 0 bridgehead atoms. The predicted molar refractivity (Wildman–Crippen MR) is 89.8 cm³/mol. The summed E-state index contributed by atoms with van der Waals surface area (Å²) in [6.07, 6.45) is -3.77. The number of urea groups is 1. The second kappa shape index (κ2) is 8.09. The van der Waals surface area contributed by atoms with Gasteiger partial charge in [0.1, 0.15) is 5.82 Å². The van der Waals surface area contributed by atoms with Crippen LogP contribution in [0.15, 0.2) is 12.3 Å². The van der Waals surface area contributed by atoms with Gasteiger partial charge in [0.25, 0.3) is 0 Å². The summed E-state index contributed by atoms with van der Waals surface area (Å²) >= 11 is 5.81. The Morgan fingerprint density at radius 3 is 2.80 bits per heavy atom. The van der Waals surface area contributed by atoms with Crippen LogP contribution in [0.1, 0.15) is 19.4 Å². The highest BCUT2D eigenvalue weighted by molar-refractivity contribution is 6.32. The first kappa shape index (κ1) is 19.6. The van der Waals surface area contributed by atoms with Gasteiger partial charge in [-0.1, -0.05) is 11.6 Å². The topological polar surface area (TPSA) is 69.3 Å². The molecule has 0 radical (unpaired) electrons. The van der Waals surface area contributed by atoms with Gasteiger partial charge in [0.2, 0.25) is 0 Å². The van der Waals surface area contributed by atoms with E-state index in [9.17, 15) is 18.0 Å². The zero-order valence-electron chi connectivity index (χ0n) is 14.0. The van der Waals surface area contributed by atoms with E-state index >= 15 is 0 Å². The van der Waals surface area contributed by atoms with Crippen molar-refractivity contribution in [3.63, 3.8) is 0 Å². The third-order valence-electron chi connectivity index (χ3n) is 3.89. The van der Waals surface area contributed by atoms with Crippen LogP contribution in [0.2, 0.25) is 5.02 Å². The lowest BCUT2D eigenvalue weighted by atomic mass is 10.1. The Morgan fingerprint density at radius 2 is 2.16 bits per heavy atom. The van der Waals surface area contributed by atoms with Gasteiger partial charge in [0.15, 0.2) is 0 Å². The summed E-state index contributed by atoms with van der Waals surface area (Å²) in [6, 6.07) is 0.971. The minimum Gasteiger partial charge on any atom is -0.367 e. The number of hydrogen-bond donors (Lipinski definition) is 3. The molecule has 6 nitrogen and oxygen atoms in total. The number of nitrogens with one attached hydrogen (secondary N) is 3. The van der Waals surface area contributed by atoms with E-state index in [1.807, 2.05) is 13.8 Å². The van der Waals surface area contributed by atoms with Crippen LogP contribution in [0, 0.1) is 0 Å². The van der Waals surface area contributed by atoms with Crippen molar-refractivity contribution in [3.8, 4) is 0 Å². The molecular weight excluding hydrogens is 359 g/mol. The van der Waals surface area contributed by atoms with Gasteiger partial charge in [-0.15, -0.1) is 0 Å². The number of pyridine rings is 1. The molecule has 1 aromatic heterocycles. The third-order valence-corrected chi connectivity index (χ3v) is 4.18. The molecule has 3 N–H and O–H groups in total. The Balaban J connectivity index is 1.80. The second-order valence-corrected chi connectivity index (χ2v) is 6.43. The Bertz CT molecular complexity index is 613. The average molecular weight is 380 g/mol. The van der Waals surface area contributed by atoms with Crippen molar-refractivity contribution in [2.24, 2.45) is 0 Å². The number of alkyl halides is 3. The minimum atomic E-state index is -4.49. The summed E-state index contributed by atoms with van der Waals surface area (Å²) in [7, 11) is 0. The van der Waals surface area contributed by atoms with Crippen molar-refractivity contribution in [1.29, 1.82) is 0 Å². The van der Waals surface area contributed by atoms with Crippen LogP contribution in [0.25, 0.3) is 0 Å². The van der Waals surface area contributed by atoms with Crippen LogP contribution in [0.5, 0.6) is 0 Å². The number of hydrogen-bond acceptors (Lipinski definition) is 4. The van der Waals surface area contributed by atoms with E-state index in [0.717, 1.165) is 18.8 Å². The molecule has 1 aliphatic rings. The van der Waals surface area contributed by atoms with Gasteiger partial charge in [-0.25, -0.2) is 9.78 Å². The van der Waals surface area contributed by atoms with Crippen molar-refractivity contribution in [3.05, 3.63) is 22.8 Å². The molecule has 2 rings (SSSR count). The van der Waals surface area contributed by atoms with Gasteiger partial charge in [0.05, 0.1) is 10.6 Å². The maximum Gasteiger partial charge on any atom is 0.417 e. The van der Waals surface area contributed by atoms with E-state index < -0.39 is 11.7 Å². The molecule has 1 fully saturated rings. The smallest absolute Gasteiger partial charge is 0.367 e. The average Bonchev–Trinajstić information content (AvgIpc) is 2.53. The van der Waals surface area contributed by atoms with Crippen molar-refractivity contribution in [1.82, 2.24) is 20.5 Å². The fourth-order valence-corrected chi connectivity index (χ4v) is 2.71. The fourth-order valence-electron chi connectivity index (χ4n) is 2.48. The molecule has 25 heavy (non-hydrogen) atoms. The highest BCUT2D eigenvalue weighted by Crippen LogP contribution is 2.32. The minimum absolute atomic E-state index is 0.0928. The number of anilines is 1. The molecule has 2 atom stereocenters. The van der Waals surface area contributed by atoms with Crippen LogP contribution in [-0.2, 0) is 6.18 Å². The summed E-state index contributed by atoms with van der Waals surface area (Å²) in [5.41, 5.74) is -0.904. The standard InChI is InChI=1S/C15H21ClF3N5O/c1-9-8-24(10(2)6-22-9)14(25)21-4-3-20-13-12(16)5-11(7-23-13)15(17,18)19/h5,7,9-10,22H,3-4,6,8H2,1-2H3,(H,20,23)(H,21,25). The van der Waals surface area contributed by atoms with Crippen LogP contribution in [0.4, 0.5) is 23.8 Å². The number of aromatic nitrogens is 1. The molecule has 0 aliphatic carbocycles. The van der Waals surface area contributed by atoms with Crippen LogP contribution in [-0.4, -0.2) is 54.2 Å². The molecule has 2 amide bonds. The number of carbonyl (C=O) groups is 1. The monoisotopic (exact) mass is 379 g/mol. The molecule has 2 unspecified atom stereocenters. The van der Waals surface area contributed by atoms with Crippen LogP contribution in [0.3, 0.4) is 0 Å². The van der Waals surface area contributed by atoms with E-state index in [1.165, 1.54) is 0 Å². The third kappa shape index (κ3) is 5.37. The molecular formula is C15H21ClF3N5O. The van der Waals surface area contributed by atoms with E-state index in [2.05, 4.69) is 20.9 Å². The van der Waals surface area contributed by atoms with Gasteiger partial charge in [-0.05, 0) is 19.9 Å². The van der Waals surface area contributed by atoms with Crippen molar-refractivity contribution >= 4 is 23.4 Å². The van der Waals surface area contributed by atoms with Crippen molar-refractivity contribution < 1.29 is 18.0 Å². The predicted octanol–water partition coefficient (Wildman–Crippen LogP) is 2.56. The lowest BCUT2D eigenvalue weighted by Crippen LogP contribution is -2.58. The summed E-state index contributed by atoms with van der Waals surface area (Å²) < 4.78 is 37.7.